The smallest absolute Gasteiger partial charge is 0.407 e. The number of imidazole rings is 2. The summed E-state index contributed by atoms with van der Waals surface area (Å²) >= 11 is 0. The minimum atomic E-state index is -0.853. The fraction of sp³-hybridized carbons (Fsp3) is 0.551. The Labute approximate surface area is 390 Å². The monoisotopic (exact) mass is 924 g/mol. The van der Waals surface area contributed by atoms with Crippen molar-refractivity contribution in [2.45, 2.75) is 127 Å². The average molecular weight is 925 g/mol. The Bertz CT molecular complexity index is 2330. The maximum absolute atomic E-state index is 14.5. The van der Waals surface area contributed by atoms with E-state index in [-0.39, 0.29) is 55.2 Å². The van der Waals surface area contributed by atoms with Crippen LogP contribution in [0.15, 0.2) is 60.9 Å². The summed E-state index contributed by atoms with van der Waals surface area (Å²) in [6.07, 6.45) is 6.71. The molecule has 18 nitrogen and oxygen atoms in total. The van der Waals surface area contributed by atoms with Gasteiger partial charge in [0.05, 0.1) is 93.7 Å². The second-order valence-electron chi connectivity index (χ2n) is 18.6. The van der Waals surface area contributed by atoms with Gasteiger partial charge in [0, 0.05) is 6.61 Å². The number of amides is 4. The highest BCUT2D eigenvalue weighted by atomic mass is 16.5. The molecule has 2 aromatic heterocycles. The van der Waals surface area contributed by atoms with Gasteiger partial charge in [-0.05, 0) is 106 Å². The second kappa shape index (κ2) is 21.0. The molecule has 0 radical (unpaired) electrons. The number of benzene rings is 2. The van der Waals surface area contributed by atoms with E-state index in [0.29, 0.717) is 69.6 Å². The van der Waals surface area contributed by atoms with Crippen LogP contribution in [0.5, 0.6) is 0 Å². The highest BCUT2D eigenvalue weighted by molar-refractivity contribution is 5.88. The van der Waals surface area contributed by atoms with Crippen molar-refractivity contribution in [3.63, 3.8) is 0 Å². The Morgan fingerprint density at radius 3 is 1.48 bits per heavy atom. The maximum Gasteiger partial charge on any atom is 0.407 e. The number of aliphatic hydroxyl groups is 2. The lowest BCUT2D eigenvalue weighted by Crippen LogP contribution is -2.56. The average Bonchev–Trinajstić information content (AvgIpc) is 4.18. The molecule has 2 aromatic carbocycles. The molecule has 67 heavy (non-hydrogen) atoms. The molecule has 0 saturated carbocycles. The van der Waals surface area contributed by atoms with Gasteiger partial charge in [0.2, 0.25) is 11.8 Å². The fourth-order valence-electron chi connectivity index (χ4n) is 10.8. The number of H-pyrrole nitrogens is 2. The van der Waals surface area contributed by atoms with Crippen LogP contribution in [0.2, 0.25) is 0 Å². The van der Waals surface area contributed by atoms with Crippen LogP contribution >= 0.6 is 0 Å². The molecular weight excluding hydrogens is 861 g/mol. The number of hydrogen-bond acceptors (Lipinski definition) is 12. The van der Waals surface area contributed by atoms with Crippen LogP contribution in [0.1, 0.15) is 95.9 Å². The molecule has 18 heteroatoms. The molecule has 10 unspecified atom stereocenters. The molecule has 4 amide bonds. The number of aliphatic hydroxyl groups excluding tert-OH is 2. The van der Waals surface area contributed by atoms with E-state index < -0.39 is 48.4 Å². The SMILES string of the molecule is COC(=O)NC(C(=O)N1C(CO)CCC1c1ncc(-c2ccc(-c3ccc(-c4cnc(C5CCC(CO)N5C(=O)C(NC(=O)OC)C5CC(C)OC(C)C5)[nH]4)cc3)cc2)[nH]1)C1CCOC(C)C1. The molecule has 4 aliphatic heterocycles. The summed E-state index contributed by atoms with van der Waals surface area (Å²) in [5, 5.41) is 26.4. The number of carbonyl (C=O) groups excluding carboxylic acids is 4. The minimum absolute atomic E-state index is 0.0569. The number of likely N-dealkylation sites (tertiary alicyclic amines) is 2. The lowest BCUT2D eigenvalue weighted by atomic mass is 9.85. The molecule has 6 heterocycles. The van der Waals surface area contributed by atoms with E-state index in [1.165, 1.54) is 14.2 Å². The number of hydrogen-bond donors (Lipinski definition) is 6. The van der Waals surface area contributed by atoms with Crippen LogP contribution in [0.3, 0.4) is 0 Å². The number of nitrogens with one attached hydrogen (secondary N) is 4. The van der Waals surface area contributed by atoms with Crippen molar-refractivity contribution < 1.29 is 48.3 Å². The fourth-order valence-corrected chi connectivity index (χ4v) is 10.8. The van der Waals surface area contributed by atoms with Crippen molar-refractivity contribution >= 4 is 24.0 Å². The minimum Gasteiger partial charge on any atom is -0.453 e. The van der Waals surface area contributed by atoms with Crippen LogP contribution < -0.4 is 10.6 Å². The molecule has 10 atom stereocenters. The van der Waals surface area contributed by atoms with Crippen molar-refractivity contribution in [2.24, 2.45) is 11.8 Å². The summed E-state index contributed by atoms with van der Waals surface area (Å²) in [7, 11) is 2.55. The maximum atomic E-state index is 14.5. The van der Waals surface area contributed by atoms with Crippen LogP contribution in [-0.4, -0.2) is 140 Å². The Morgan fingerprint density at radius 2 is 1.06 bits per heavy atom. The standard InChI is InChI=1S/C49H64N8O10/c1-27-20-34(18-19-66-27)42(54-48(62)64-4)46(60)56-36(25-58)14-16-40(56)44-50-23-38(52-44)32-10-6-30(7-11-32)31-8-12-33(13-9-31)39-24-51-45(53-39)41-17-15-37(26-59)57(41)47(61)43(55-49(63)65-5)35-21-28(2)67-29(3)22-35/h6-13,23-24,27-29,34-37,40-43,58-59H,14-22,25-26H2,1-5H3,(H,50,52)(H,51,53)(H,54,62)(H,55,63). The van der Waals surface area contributed by atoms with Gasteiger partial charge < -0.3 is 59.6 Å². The van der Waals surface area contributed by atoms with Gasteiger partial charge in [0.25, 0.3) is 0 Å². The molecule has 360 valence electrons. The van der Waals surface area contributed by atoms with Gasteiger partial charge in [-0.25, -0.2) is 19.6 Å². The molecule has 4 saturated heterocycles. The molecular formula is C49H64N8O10. The first-order valence-corrected chi connectivity index (χ1v) is 23.5. The van der Waals surface area contributed by atoms with E-state index in [2.05, 4.69) is 20.6 Å². The van der Waals surface area contributed by atoms with Crippen molar-refractivity contribution in [1.29, 1.82) is 0 Å². The molecule has 0 spiro atoms. The van der Waals surface area contributed by atoms with Crippen molar-refractivity contribution in [2.75, 3.05) is 34.0 Å². The number of aromatic amines is 2. The topological polar surface area (TPSA) is 234 Å². The third-order valence-corrected chi connectivity index (χ3v) is 14.1. The van der Waals surface area contributed by atoms with E-state index in [1.54, 1.807) is 22.2 Å². The number of ether oxygens (including phenoxy) is 4. The van der Waals surface area contributed by atoms with E-state index >= 15 is 0 Å². The molecule has 8 rings (SSSR count). The zero-order chi connectivity index (χ0) is 47.4. The number of carbonyl (C=O) groups is 4. The third-order valence-electron chi connectivity index (χ3n) is 14.1. The predicted molar refractivity (Wildman–Crippen MR) is 246 cm³/mol. The highest BCUT2D eigenvalue weighted by Crippen LogP contribution is 2.40. The molecule has 4 aliphatic rings. The Kier molecular flexibility index (Phi) is 14.9. The van der Waals surface area contributed by atoms with Gasteiger partial charge >= 0.3 is 12.2 Å². The molecule has 4 aromatic rings. The first-order valence-electron chi connectivity index (χ1n) is 23.5. The molecule has 0 aliphatic carbocycles. The summed E-state index contributed by atoms with van der Waals surface area (Å²) in [5.74, 6) is 0.339. The van der Waals surface area contributed by atoms with Gasteiger partial charge in [0.15, 0.2) is 0 Å². The van der Waals surface area contributed by atoms with Gasteiger partial charge in [-0.3, -0.25) is 9.59 Å². The Morgan fingerprint density at radius 1 is 0.642 bits per heavy atom. The largest absolute Gasteiger partial charge is 0.453 e. The van der Waals surface area contributed by atoms with Crippen molar-refractivity contribution in [1.82, 2.24) is 40.4 Å². The summed E-state index contributed by atoms with van der Waals surface area (Å²) in [5.41, 5.74) is 5.39. The number of methoxy groups -OCH3 is 2. The van der Waals surface area contributed by atoms with Crippen LogP contribution in [0.4, 0.5) is 9.59 Å². The molecule has 6 N–H and O–H groups in total. The Balaban J connectivity index is 0.948. The number of nitrogens with zero attached hydrogens (tertiary/aromatic N) is 4. The van der Waals surface area contributed by atoms with Crippen LogP contribution in [-0.2, 0) is 28.5 Å². The van der Waals surface area contributed by atoms with Gasteiger partial charge in [0.1, 0.15) is 23.7 Å². The van der Waals surface area contributed by atoms with E-state index in [9.17, 15) is 29.4 Å². The van der Waals surface area contributed by atoms with Gasteiger partial charge in [-0.1, -0.05) is 48.5 Å². The first kappa shape index (κ1) is 47.7. The van der Waals surface area contributed by atoms with Gasteiger partial charge in [-0.2, -0.15) is 0 Å². The molecule has 4 fully saturated rings. The van der Waals surface area contributed by atoms with Crippen LogP contribution in [0, 0.1) is 11.8 Å². The summed E-state index contributed by atoms with van der Waals surface area (Å²) < 4.78 is 21.5. The summed E-state index contributed by atoms with van der Waals surface area (Å²) in [6.45, 7) is 5.96. The summed E-state index contributed by atoms with van der Waals surface area (Å²) in [4.78, 5) is 73.5. The van der Waals surface area contributed by atoms with E-state index in [1.807, 2.05) is 69.3 Å². The van der Waals surface area contributed by atoms with E-state index in [0.717, 1.165) is 33.6 Å². The lowest BCUT2D eigenvalue weighted by molar-refractivity contribution is -0.142. The van der Waals surface area contributed by atoms with Gasteiger partial charge in [-0.15, -0.1) is 0 Å². The predicted octanol–water partition coefficient (Wildman–Crippen LogP) is 5.65. The second-order valence-corrected chi connectivity index (χ2v) is 18.6. The number of alkyl carbamates (subject to hydrolysis) is 2. The van der Waals surface area contributed by atoms with Crippen LogP contribution in [0.25, 0.3) is 33.6 Å². The Hall–Kier alpha value is -5.82. The zero-order valence-electron chi connectivity index (χ0n) is 38.9. The highest BCUT2D eigenvalue weighted by Gasteiger charge is 2.47. The molecule has 0 bridgehead atoms. The summed E-state index contributed by atoms with van der Waals surface area (Å²) in [6, 6.07) is 12.8. The normalized spacial score (nSPS) is 27.3. The number of rotatable bonds is 13. The third kappa shape index (κ3) is 10.4. The quantitative estimate of drug-likeness (QED) is 0.0955. The number of aromatic nitrogens is 4. The van der Waals surface area contributed by atoms with Crippen molar-refractivity contribution in [3.05, 3.63) is 72.6 Å². The van der Waals surface area contributed by atoms with Crippen molar-refractivity contribution in [3.8, 4) is 33.6 Å². The first-order chi connectivity index (χ1) is 32.4. The van der Waals surface area contributed by atoms with E-state index in [4.69, 9.17) is 28.9 Å². The zero-order valence-corrected chi connectivity index (χ0v) is 38.9. The lowest BCUT2D eigenvalue weighted by Gasteiger charge is -2.39.